The lowest BCUT2D eigenvalue weighted by atomic mass is 9.96. The van der Waals surface area contributed by atoms with E-state index in [0.717, 1.165) is 46.9 Å². The molecule has 7 nitrogen and oxygen atoms in total. The predicted octanol–water partition coefficient (Wildman–Crippen LogP) is 3.35. The van der Waals surface area contributed by atoms with E-state index < -0.39 is 0 Å². The number of rotatable bonds is 6. The molecule has 0 unspecified atom stereocenters. The Hall–Kier alpha value is -4.05. The monoisotopic (exact) mass is 453 g/mol. The first-order chi connectivity index (χ1) is 16.4. The zero-order chi connectivity index (χ0) is 24.1. The van der Waals surface area contributed by atoms with Crippen LogP contribution in [0.1, 0.15) is 29.4 Å². The molecule has 0 radical (unpaired) electrons. The van der Waals surface area contributed by atoms with Gasteiger partial charge >= 0.3 is 0 Å². The lowest BCUT2D eigenvalue weighted by molar-refractivity contribution is -0.129. The number of pyridine rings is 2. The minimum Gasteiger partial charge on any atom is -0.367 e. The summed E-state index contributed by atoms with van der Waals surface area (Å²) in [7, 11) is 0. The van der Waals surface area contributed by atoms with E-state index in [1.54, 1.807) is 25.4 Å². The summed E-state index contributed by atoms with van der Waals surface area (Å²) in [6.07, 6.45) is 4.02. The fourth-order valence-corrected chi connectivity index (χ4v) is 4.24. The number of hydrogen-bond donors (Lipinski definition) is 0. The third-order valence-electron chi connectivity index (χ3n) is 6.09. The van der Waals surface area contributed by atoms with Gasteiger partial charge in [0.25, 0.3) is 0 Å². The molecule has 0 bridgehead atoms. The number of aromatic nitrogens is 2. The largest absolute Gasteiger partial charge is 0.367 e. The maximum Gasteiger partial charge on any atom is 0.219 e. The van der Waals surface area contributed by atoms with Gasteiger partial charge in [-0.15, -0.1) is 0 Å². The van der Waals surface area contributed by atoms with E-state index in [-0.39, 0.29) is 24.5 Å². The van der Waals surface area contributed by atoms with Crippen molar-refractivity contribution < 1.29 is 9.59 Å². The van der Waals surface area contributed by atoms with Crippen LogP contribution < -0.4 is 4.90 Å². The first-order valence-corrected chi connectivity index (χ1v) is 11.4. The number of piperazine rings is 1. The maximum atomic E-state index is 12.7. The van der Waals surface area contributed by atoms with Crippen LogP contribution in [0.25, 0.3) is 11.1 Å². The molecule has 1 amide bonds. The number of carbonyl (C=O) groups excluding carboxylic acids is 2. The molecule has 0 aliphatic carbocycles. The molecule has 34 heavy (non-hydrogen) atoms. The Morgan fingerprint density at radius 1 is 1.00 bits per heavy atom. The smallest absolute Gasteiger partial charge is 0.219 e. The van der Waals surface area contributed by atoms with Crippen LogP contribution in [0.15, 0.2) is 54.9 Å². The van der Waals surface area contributed by atoms with Crippen LogP contribution in [-0.4, -0.2) is 52.7 Å². The fraction of sp³-hybridized carbons (Fsp3) is 0.296. The summed E-state index contributed by atoms with van der Waals surface area (Å²) in [6.45, 7) is 6.48. The summed E-state index contributed by atoms with van der Waals surface area (Å²) >= 11 is 0. The minimum atomic E-state index is 0.0479. The highest BCUT2D eigenvalue weighted by molar-refractivity contribution is 5.83. The van der Waals surface area contributed by atoms with Crippen molar-refractivity contribution in [2.24, 2.45) is 0 Å². The van der Waals surface area contributed by atoms with E-state index in [1.807, 2.05) is 48.2 Å². The molecule has 1 aliphatic rings. The van der Waals surface area contributed by atoms with Crippen molar-refractivity contribution in [3.05, 3.63) is 77.4 Å². The number of nitriles is 1. The van der Waals surface area contributed by atoms with E-state index in [0.29, 0.717) is 18.7 Å². The van der Waals surface area contributed by atoms with Crippen LogP contribution >= 0.6 is 0 Å². The Kier molecular flexibility index (Phi) is 6.98. The first kappa shape index (κ1) is 23.1. The Balaban J connectivity index is 1.37. The fourth-order valence-electron chi connectivity index (χ4n) is 4.24. The summed E-state index contributed by atoms with van der Waals surface area (Å²) in [5.41, 5.74) is 5.75. The average molecular weight is 454 g/mol. The van der Waals surface area contributed by atoms with Gasteiger partial charge in [0.05, 0.1) is 23.5 Å². The second kappa shape index (κ2) is 10.3. The highest BCUT2D eigenvalue weighted by Gasteiger charge is 2.19. The van der Waals surface area contributed by atoms with E-state index in [2.05, 4.69) is 20.9 Å². The van der Waals surface area contributed by atoms with Gasteiger partial charge in [-0.2, -0.15) is 5.26 Å². The number of hydrogen-bond acceptors (Lipinski definition) is 6. The van der Waals surface area contributed by atoms with Crippen LogP contribution in [0.2, 0.25) is 0 Å². The van der Waals surface area contributed by atoms with Crippen molar-refractivity contribution in [3.63, 3.8) is 0 Å². The molecule has 0 saturated carbocycles. The van der Waals surface area contributed by atoms with Gasteiger partial charge in [-0.05, 0) is 53.9 Å². The summed E-state index contributed by atoms with van der Waals surface area (Å²) in [5, 5.41) is 9.63. The molecule has 0 N–H and O–H groups in total. The van der Waals surface area contributed by atoms with E-state index in [1.165, 1.54) is 0 Å². The van der Waals surface area contributed by atoms with E-state index in [9.17, 15) is 14.9 Å². The highest BCUT2D eigenvalue weighted by atomic mass is 16.2. The van der Waals surface area contributed by atoms with Gasteiger partial charge in [0, 0.05) is 63.5 Å². The van der Waals surface area contributed by atoms with Gasteiger partial charge in [-0.1, -0.05) is 12.1 Å². The summed E-state index contributed by atoms with van der Waals surface area (Å²) in [4.78, 5) is 36.9. The number of ketones is 1. The number of carbonyl (C=O) groups is 2. The van der Waals surface area contributed by atoms with Crippen LogP contribution in [0.3, 0.4) is 0 Å². The molecule has 1 aromatic carbocycles. The zero-order valence-electron chi connectivity index (χ0n) is 19.5. The van der Waals surface area contributed by atoms with Crippen molar-refractivity contribution in [3.8, 4) is 17.2 Å². The number of Topliss-reactive ketones (excluding diaryl/α,β-unsaturated/α-hetero) is 1. The van der Waals surface area contributed by atoms with E-state index in [4.69, 9.17) is 0 Å². The molecule has 1 saturated heterocycles. The normalized spacial score (nSPS) is 13.4. The van der Waals surface area contributed by atoms with Gasteiger partial charge in [0.15, 0.2) is 0 Å². The molecule has 3 heterocycles. The van der Waals surface area contributed by atoms with Crippen molar-refractivity contribution in [2.45, 2.75) is 26.7 Å². The van der Waals surface area contributed by atoms with Crippen LogP contribution in [-0.2, 0) is 22.4 Å². The Labute approximate surface area is 199 Å². The molecule has 0 atom stereocenters. The number of nitrogens with zero attached hydrogens (tertiary/aromatic N) is 5. The Morgan fingerprint density at radius 2 is 1.79 bits per heavy atom. The number of amides is 1. The molecular weight excluding hydrogens is 426 g/mol. The topological polar surface area (TPSA) is 90.2 Å². The van der Waals surface area contributed by atoms with Crippen LogP contribution in [0.4, 0.5) is 5.69 Å². The van der Waals surface area contributed by atoms with Crippen LogP contribution in [0, 0.1) is 18.3 Å². The van der Waals surface area contributed by atoms with Crippen molar-refractivity contribution in [2.75, 3.05) is 31.1 Å². The summed E-state index contributed by atoms with van der Waals surface area (Å²) < 4.78 is 0. The predicted molar refractivity (Wildman–Crippen MR) is 130 cm³/mol. The molecule has 172 valence electrons. The van der Waals surface area contributed by atoms with E-state index >= 15 is 0 Å². The Morgan fingerprint density at radius 3 is 2.44 bits per heavy atom. The zero-order valence-corrected chi connectivity index (χ0v) is 19.5. The summed E-state index contributed by atoms with van der Waals surface area (Å²) in [6, 6.07) is 15.5. The second-order valence-electron chi connectivity index (χ2n) is 8.57. The quantitative estimate of drug-likeness (QED) is 0.569. The standard InChI is InChI=1S/C27H27N5O2/c1-19-13-22(7-8-29-19)27-6-3-21(14-23(27)17-28)15-26(34)16-24-4-5-25(18-30-24)32-11-9-31(10-12-32)20(2)33/h3-8,13-14,18H,9-12,15-16H2,1-2H3. The van der Waals surface area contributed by atoms with Gasteiger partial charge < -0.3 is 9.80 Å². The maximum absolute atomic E-state index is 12.7. The SMILES string of the molecule is CC(=O)N1CCN(c2ccc(CC(=O)Cc3ccc(-c4ccnc(C)c4)c(C#N)c3)nc2)CC1. The van der Waals surface area contributed by atoms with Gasteiger partial charge in [0.1, 0.15) is 5.78 Å². The molecule has 7 heteroatoms. The lowest BCUT2D eigenvalue weighted by Crippen LogP contribution is -2.48. The van der Waals surface area contributed by atoms with Crippen molar-refractivity contribution >= 4 is 17.4 Å². The second-order valence-corrected chi connectivity index (χ2v) is 8.57. The van der Waals surface area contributed by atoms with Gasteiger partial charge in [0.2, 0.25) is 5.91 Å². The third-order valence-corrected chi connectivity index (χ3v) is 6.09. The first-order valence-electron chi connectivity index (χ1n) is 11.4. The van der Waals surface area contributed by atoms with Crippen molar-refractivity contribution in [1.29, 1.82) is 5.26 Å². The van der Waals surface area contributed by atoms with Gasteiger partial charge in [-0.3, -0.25) is 19.6 Å². The highest BCUT2D eigenvalue weighted by Crippen LogP contribution is 2.25. The average Bonchev–Trinajstić information content (AvgIpc) is 2.84. The molecular formula is C27H27N5O2. The number of benzene rings is 1. The van der Waals surface area contributed by atoms with Crippen molar-refractivity contribution in [1.82, 2.24) is 14.9 Å². The van der Waals surface area contributed by atoms with Gasteiger partial charge in [-0.25, -0.2) is 0 Å². The number of anilines is 1. The summed E-state index contributed by atoms with van der Waals surface area (Å²) in [5.74, 6) is 0.155. The van der Waals surface area contributed by atoms with Crippen LogP contribution in [0.5, 0.6) is 0 Å². The lowest BCUT2D eigenvalue weighted by Gasteiger charge is -2.35. The third kappa shape index (κ3) is 5.46. The number of aryl methyl sites for hydroxylation is 1. The molecule has 4 rings (SSSR count). The molecule has 0 spiro atoms. The molecule has 1 fully saturated rings. The Bertz CT molecular complexity index is 1240. The molecule has 2 aromatic heterocycles. The molecule has 3 aromatic rings. The molecule has 1 aliphatic heterocycles. The minimum absolute atomic E-state index is 0.0479.